The van der Waals surface area contributed by atoms with Crippen LogP contribution in [-0.2, 0) is 13.6 Å². The van der Waals surface area contributed by atoms with E-state index in [1.54, 1.807) is 50.5 Å². The van der Waals surface area contributed by atoms with Crippen LogP contribution in [0.4, 0.5) is 17.1 Å². The number of carbonyl (C=O) groups is 2. The molecule has 11 heteroatoms. The van der Waals surface area contributed by atoms with Gasteiger partial charge in [0.2, 0.25) is 5.69 Å². The molecule has 2 aromatic heterocycles. The molecule has 0 saturated heterocycles. The van der Waals surface area contributed by atoms with E-state index in [1.807, 2.05) is 0 Å². The minimum atomic E-state index is -0.691. The van der Waals surface area contributed by atoms with E-state index in [2.05, 4.69) is 20.8 Å². The minimum Gasteiger partial charge on any atom is -0.321 e. The van der Waals surface area contributed by atoms with Crippen molar-refractivity contribution in [1.82, 2.24) is 19.6 Å². The maximum Gasteiger partial charge on any atom is 0.320 e. The Hall–Kier alpha value is -4.02. The molecule has 3 rings (SSSR count). The fourth-order valence-corrected chi connectivity index (χ4v) is 2.43. The van der Waals surface area contributed by atoms with E-state index in [4.69, 9.17) is 0 Å². The van der Waals surface area contributed by atoms with Gasteiger partial charge in [0.1, 0.15) is 6.20 Å². The second-order valence-electron chi connectivity index (χ2n) is 5.84. The summed E-state index contributed by atoms with van der Waals surface area (Å²) in [5.74, 6) is -1.05. The number of nitrogens with zero attached hydrogens (tertiary/aromatic N) is 5. The lowest BCUT2D eigenvalue weighted by Gasteiger charge is -2.06. The van der Waals surface area contributed by atoms with Gasteiger partial charge in [-0.2, -0.15) is 10.2 Å². The zero-order valence-electron chi connectivity index (χ0n) is 15.1. The Morgan fingerprint density at radius 3 is 2.18 bits per heavy atom. The van der Waals surface area contributed by atoms with E-state index in [0.717, 1.165) is 0 Å². The molecule has 0 aliphatic rings. The van der Waals surface area contributed by atoms with Gasteiger partial charge in [0.15, 0.2) is 5.69 Å². The van der Waals surface area contributed by atoms with Gasteiger partial charge in [-0.1, -0.05) is 0 Å². The molecule has 144 valence electrons. The summed E-state index contributed by atoms with van der Waals surface area (Å²) in [4.78, 5) is 34.9. The van der Waals surface area contributed by atoms with Crippen LogP contribution in [0.5, 0.6) is 0 Å². The monoisotopic (exact) mass is 383 g/mol. The molecule has 2 amide bonds. The van der Waals surface area contributed by atoms with Crippen molar-refractivity contribution in [3.8, 4) is 0 Å². The first-order chi connectivity index (χ1) is 13.4. The number of aryl methyl sites for hydroxylation is 2. The number of amides is 2. The highest BCUT2D eigenvalue weighted by Crippen LogP contribution is 2.20. The Morgan fingerprint density at radius 2 is 1.68 bits per heavy atom. The van der Waals surface area contributed by atoms with Crippen molar-refractivity contribution in [2.45, 2.75) is 13.5 Å². The molecular weight excluding hydrogens is 366 g/mol. The molecule has 0 spiro atoms. The summed E-state index contributed by atoms with van der Waals surface area (Å²) in [5.41, 5.74) is 0.563. The number of rotatable bonds is 6. The molecule has 1 aromatic carbocycles. The second-order valence-corrected chi connectivity index (χ2v) is 5.84. The van der Waals surface area contributed by atoms with Gasteiger partial charge in [0.05, 0.1) is 4.92 Å². The summed E-state index contributed by atoms with van der Waals surface area (Å²) < 4.78 is 2.84. The van der Waals surface area contributed by atoms with Crippen molar-refractivity contribution in [2.24, 2.45) is 7.05 Å². The molecule has 28 heavy (non-hydrogen) atoms. The Balaban J connectivity index is 1.69. The van der Waals surface area contributed by atoms with Gasteiger partial charge in [-0.3, -0.25) is 29.1 Å². The summed E-state index contributed by atoms with van der Waals surface area (Å²) in [6.45, 7) is 2.16. The number of aromatic nitrogens is 4. The third-order valence-electron chi connectivity index (χ3n) is 3.83. The Labute approximate surface area is 159 Å². The van der Waals surface area contributed by atoms with Crippen molar-refractivity contribution >= 4 is 28.9 Å². The predicted octanol–water partition coefficient (Wildman–Crippen LogP) is 2.05. The SMILES string of the molecule is CCn1cc([N+](=O)[O-])c(C(=O)Nc2ccc(NC(=O)c3ccn(C)n3)cc2)n1. The van der Waals surface area contributed by atoms with Crippen molar-refractivity contribution in [3.05, 3.63) is 64.2 Å². The molecule has 0 radical (unpaired) electrons. The van der Waals surface area contributed by atoms with E-state index in [1.165, 1.54) is 15.6 Å². The highest BCUT2D eigenvalue weighted by atomic mass is 16.6. The molecule has 0 unspecified atom stereocenters. The summed E-state index contributed by atoms with van der Waals surface area (Å²) in [6.07, 6.45) is 2.87. The molecular formula is C17H17N7O4. The lowest BCUT2D eigenvalue weighted by Crippen LogP contribution is -2.15. The first kappa shape index (κ1) is 18.8. The Bertz CT molecular complexity index is 1040. The van der Waals surface area contributed by atoms with Crippen LogP contribution >= 0.6 is 0 Å². The van der Waals surface area contributed by atoms with E-state index >= 15 is 0 Å². The number of carbonyl (C=O) groups excluding carboxylic acids is 2. The smallest absolute Gasteiger partial charge is 0.320 e. The van der Waals surface area contributed by atoms with Crippen molar-refractivity contribution in [3.63, 3.8) is 0 Å². The van der Waals surface area contributed by atoms with Gasteiger partial charge >= 0.3 is 5.69 Å². The Morgan fingerprint density at radius 1 is 1.07 bits per heavy atom. The molecule has 0 aliphatic carbocycles. The molecule has 3 aromatic rings. The van der Waals surface area contributed by atoms with E-state index in [9.17, 15) is 19.7 Å². The van der Waals surface area contributed by atoms with E-state index in [-0.39, 0.29) is 23.0 Å². The third-order valence-corrected chi connectivity index (χ3v) is 3.83. The number of nitrogens with one attached hydrogen (secondary N) is 2. The zero-order chi connectivity index (χ0) is 20.3. The summed E-state index contributed by atoms with van der Waals surface area (Å²) >= 11 is 0. The Kier molecular flexibility index (Phi) is 5.16. The summed E-state index contributed by atoms with van der Waals surface area (Å²) in [7, 11) is 1.71. The average Bonchev–Trinajstić information content (AvgIpc) is 3.29. The molecule has 0 fully saturated rings. The van der Waals surface area contributed by atoms with Gasteiger partial charge in [-0.05, 0) is 37.3 Å². The van der Waals surface area contributed by atoms with E-state index < -0.39 is 10.8 Å². The fraction of sp³-hybridized carbons (Fsp3) is 0.176. The fourth-order valence-electron chi connectivity index (χ4n) is 2.43. The number of nitro groups is 1. The maximum atomic E-state index is 12.3. The van der Waals surface area contributed by atoms with Crippen molar-refractivity contribution in [1.29, 1.82) is 0 Å². The number of anilines is 2. The first-order valence-electron chi connectivity index (χ1n) is 8.31. The van der Waals surface area contributed by atoms with Crippen LogP contribution in [0, 0.1) is 10.1 Å². The van der Waals surface area contributed by atoms with Gasteiger partial charge < -0.3 is 10.6 Å². The van der Waals surface area contributed by atoms with Crippen molar-refractivity contribution in [2.75, 3.05) is 10.6 Å². The van der Waals surface area contributed by atoms with Crippen molar-refractivity contribution < 1.29 is 14.5 Å². The topological polar surface area (TPSA) is 137 Å². The molecule has 2 N–H and O–H groups in total. The first-order valence-corrected chi connectivity index (χ1v) is 8.31. The standard InChI is InChI=1S/C17H17N7O4/c1-3-23-10-14(24(27)28)15(21-23)17(26)19-12-6-4-11(5-7-12)18-16(25)13-8-9-22(2)20-13/h4-10H,3H2,1-2H3,(H,18,25)(H,19,26). The van der Waals surface area contributed by atoms with Gasteiger partial charge in [0.25, 0.3) is 11.8 Å². The summed E-state index contributed by atoms with van der Waals surface area (Å²) in [5, 5.41) is 24.3. The molecule has 0 bridgehead atoms. The largest absolute Gasteiger partial charge is 0.321 e. The van der Waals surface area contributed by atoms with Crippen LogP contribution in [0.2, 0.25) is 0 Å². The third kappa shape index (κ3) is 4.03. The molecule has 0 aliphatic heterocycles. The molecule has 0 saturated carbocycles. The van der Waals surface area contributed by atoms with Crippen LogP contribution in [0.3, 0.4) is 0 Å². The van der Waals surface area contributed by atoms with E-state index in [0.29, 0.717) is 17.9 Å². The van der Waals surface area contributed by atoms with Crippen LogP contribution in [0.25, 0.3) is 0 Å². The highest BCUT2D eigenvalue weighted by molar-refractivity contribution is 6.06. The summed E-state index contributed by atoms with van der Waals surface area (Å²) in [6, 6.07) is 7.90. The van der Waals surface area contributed by atoms with Gasteiger partial charge in [-0.25, -0.2) is 0 Å². The minimum absolute atomic E-state index is 0.264. The van der Waals surface area contributed by atoms with Crippen LogP contribution < -0.4 is 10.6 Å². The lowest BCUT2D eigenvalue weighted by atomic mass is 10.2. The van der Waals surface area contributed by atoms with Crippen LogP contribution in [0.15, 0.2) is 42.7 Å². The quantitative estimate of drug-likeness (QED) is 0.494. The van der Waals surface area contributed by atoms with Gasteiger partial charge in [0, 0.05) is 31.2 Å². The normalized spacial score (nSPS) is 10.5. The number of hydrogen-bond donors (Lipinski definition) is 2. The molecule has 0 atom stereocenters. The molecule has 11 nitrogen and oxygen atoms in total. The molecule has 2 heterocycles. The predicted molar refractivity (Wildman–Crippen MR) is 100 cm³/mol. The van der Waals surface area contributed by atoms with Crippen LogP contribution in [0.1, 0.15) is 27.9 Å². The second kappa shape index (κ2) is 7.70. The lowest BCUT2D eigenvalue weighted by molar-refractivity contribution is -0.385. The number of benzene rings is 1. The number of hydrogen-bond acceptors (Lipinski definition) is 6. The van der Waals surface area contributed by atoms with Gasteiger partial charge in [-0.15, -0.1) is 0 Å². The zero-order valence-corrected chi connectivity index (χ0v) is 15.1. The highest BCUT2D eigenvalue weighted by Gasteiger charge is 2.25. The average molecular weight is 383 g/mol. The van der Waals surface area contributed by atoms with Crippen LogP contribution in [-0.4, -0.2) is 36.3 Å². The maximum absolute atomic E-state index is 12.3.